The highest BCUT2D eigenvalue weighted by molar-refractivity contribution is 14.0. The van der Waals surface area contributed by atoms with Crippen LogP contribution in [0.3, 0.4) is 0 Å². The molecule has 1 aromatic carbocycles. The molecule has 0 bridgehead atoms. The summed E-state index contributed by atoms with van der Waals surface area (Å²) < 4.78 is 5.95. The molecule has 0 spiro atoms. The van der Waals surface area contributed by atoms with E-state index in [-0.39, 0.29) is 24.0 Å². The first kappa shape index (κ1) is 23.4. The molecule has 158 valence electrons. The van der Waals surface area contributed by atoms with Crippen LogP contribution in [0.4, 0.5) is 0 Å². The Bertz CT molecular complexity index is 600. The molecule has 0 amide bonds. The van der Waals surface area contributed by atoms with E-state index in [0.717, 1.165) is 51.8 Å². The van der Waals surface area contributed by atoms with Gasteiger partial charge in [0.1, 0.15) is 0 Å². The van der Waals surface area contributed by atoms with Crippen molar-refractivity contribution in [1.82, 2.24) is 20.0 Å². The molecule has 7 heteroatoms. The van der Waals surface area contributed by atoms with E-state index in [1.165, 1.54) is 12.0 Å². The maximum absolute atomic E-state index is 5.95. The lowest BCUT2D eigenvalue weighted by molar-refractivity contribution is 0.0906. The number of ether oxygens (including phenoxy) is 1. The van der Waals surface area contributed by atoms with Crippen LogP contribution in [-0.4, -0.2) is 93.7 Å². The van der Waals surface area contributed by atoms with Gasteiger partial charge in [0.25, 0.3) is 0 Å². The van der Waals surface area contributed by atoms with Gasteiger partial charge in [0.15, 0.2) is 5.96 Å². The molecule has 2 aliphatic rings. The summed E-state index contributed by atoms with van der Waals surface area (Å²) in [5.74, 6) is 1.61. The topological polar surface area (TPSA) is 43.3 Å². The van der Waals surface area contributed by atoms with Crippen LogP contribution in [0.15, 0.2) is 35.3 Å². The van der Waals surface area contributed by atoms with Crippen molar-refractivity contribution in [3.8, 4) is 0 Å². The lowest BCUT2D eigenvalue weighted by Crippen LogP contribution is -2.55. The number of aliphatic imine (C=N–C) groups is 1. The molecule has 3 rings (SSSR count). The van der Waals surface area contributed by atoms with E-state index in [1.54, 1.807) is 0 Å². The van der Waals surface area contributed by atoms with Gasteiger partial charge in [0.2, 0.25) is 0 Å². The predicted octanol–water partition coefficient (Wildman–Crippen LogP) is 1.96. The third-order valence-corrected chi connectivity index (χ3v) is 5.74. The molecular formula is C21H36IN5O. The molecule has 2 aliphatic heterocycles. The van der Waals surface area contributed by atoms with Crippen molar-refractivity contribution < 1.29 is 4.74 Å². The minimum atomic E-state index is 0. The largest absolute Gasteiger partial charge is 0.376 e. The fraction of sp³-hybridized carbons (Fsp3) is 0.667. The highest BCUT2D eigenvalue weighted by atomic mass is 127. The maximum atomic E-state index is 5.95. The molecule has 28 heavy (non-hydrogen) atoms. The molecule has 0 radical (unpaired) electrons. The first-order valence-corrected chi connectivity index (χ1v) is 10.1. The van der Waals surface area contributed by atoms with Crippen LogP contribution in [0.1, 0.15) is 12.0 Å². The number of hydrogen-bond donors (Lipinski definition) is 1. The zero-order valence-corrected chi connectivity index (χ0v) is 19.8. The van der Waals surface area contributed by atoms with Gasteiger partial charge in [0, 0.05) is 58.3 Å². The van der Waals surface area contributed by atoms with Gasteiger partial charge in [-0.2, -0.15) is 0 Å². The van der Waals surface area contributed by atoms with E-state index >= 15 is 0 Å². The van der Waals surface area contributed by atoms with Crippen molar-refractivity contribution in [2.24, 2.45) is 10.9 Å². The Balaban J connectivity index is 0.00000280. The van der Waals surface area contributed by atoms with Gasteiger partial charge in [0.05, 0.1) is 13.2 Å². The summed E-state index contributed by atoms with van der Waals surface area (Å²) in [6.45, 7) is 7.93. The van der Waals surface area contributed by atoms with E-state index in [2.05, 4.69) is 63.4 Å². The second-order valence-corrected chi connectivity index (χ2v) is 7.93. The van der Waals surface area contributed by atoms with Gasteiger partial charge in [-0.1, -0.05) is 30.3 Å². The Labute approximate surface area is 187 Å². The van der Waals surface area contributed by atoms with Gasteiger partial charge in [-0.15, -0.1) is 24.0 Å². The van der Waals surface area contributed by atoms with Gasteiger partial charge < -0.3 is 19.9 Å². The zero-order chi connectivity index (χ0) is 19.1. The minimum absolute atomic E-state index is 0. The SMILES string of the molecule is CN=C(NCC1CN(C)CCN1C)N1CCC(COCc2ccccc2)C1.I. The molecular weight excluding hydrogens is 465 g/mol. The van der Waals surface area contributed by atoms with Crippen LogP contribution in [-0.2, 0) is 11.3 Å². The molecule has 2 unspecified atom stereocenters. The number of nitrogens with zero attached hydrogens (tertiary/aromatic N) is 4. The molecule has 1 N–H and O–H groups in total. The van der Waals surface area contributed by atoms with Crippen molar-refractivity contribution >= 4 is 29.9 Å². The number of hydrogen-bond acceptors (Lipinski definition) is 4. The number of piperazine rings is 1. The van der Waals surface area contributed by atoms with E-state index in [9.17, 15) is 0 Å². The van der Waals surface area contributed by atoms with Gasteiger partial charge in [-0.25, -0.2) is 0 Å². The van der Waals surface area contributed by atoms with Crippen LogP contribution < -0.4 is 5.32 Å². The Morgan fingerprint density at radius 1 is 1.14 bits per heavy atom. The molecule has 0 aliphatic carbocycles. The van der Waals surface area contributed by atoms with E-state index in [0.29, 0.717) is 18.6 Å². The number of nitrogens with one attached hydrogen (secondary N) is 1. The molecule has 0 saturated carbocycles. The Morgan fingerprint density at radius 3 is 2.68 bits per heavy atom. The Kier molecular flexibility index (Phi) is 9.98. The van der Waals surface area contributed by atoms with Crippen molar-refractivity contribution in [2.75, 3.05) is 67.0 Å². The number of guanidine groups is 1. The summed E-state index contributed by atoms with van der Waals surface area (Å²) in [4.78, 5) is 11.8. The maximum Gasteiger partial charge on any atom is 0.193 e. The third kappa shape index (κ3) is 6.86. The third-order valence-electron chi connectivity index (χ3n) is 5.74. The van der Waals surface area contributed by atoms with Crippen LogP contribution in [0.2, 0.25) is 0 Å². The lowest BCUT2D eigenvalue weighted by atomic mass is 10.1. The molecule has 2 fully saturated rings. The number of halogens is 1. The van der Waals surface area contributed by atoms with Crippen LogP contribution in [0.5, 0.6) is 0 Å². The van der Waals surface area contributed by atoms with Gasteiger partial charge in [-0.3, -0.25) is 9.89 Å². The lowest BCUT2D eigenvalue weighted by Gasteiger charge is -2.38. The highest BCUT2D eigenvalue weighted by Crippen LogP contribution is 2.17. The summed E-state index contributed by atoms with van der Waals surface area (Å²) in [5.41, 5.74) is 1.24. The molecule has 2 heterocycles. The number of likely N-dealkylation sites (N-methyl/N-ethyl adjacent to an activating group) is 2. The van der Waals surface area contributed by atoms with Crippen molar-refractivity contribution in [3.05, 3.63) is 35.9 Å². The van der Waals surface area contributed by atoms with Crippen LogP contribution in [0.25, 0.3) is 0 Å². The normalized spacial score (nSPS) is 24.2. The average Bonchev–Trinajstić information content (AvgIpc) is 3.14. The standard InChI is InChI=1S/C21H35N5O.HI/c1-22-21(23-13-20-15-24(2)11-12-25(20)3)26-10-9-19(14-26)17-27-16-18-7-5-4-6-8-18;/h4-8,19-20H,9-17H2,1-3H3,(H,22,23);1H. The predicted molar refractivity (Wildman–Crippen MR) is 126 cm³/mol. The highest BCUT2D eigenvalue weighted by Gasteiger charge is 2.27. The monoisotopic (exact) mass is 501 g/mol. The smallest absolute Gasteiger partial charge is 0.193 e. The van der Waals surface area contributed by atoms with E-state index < -0.39 is 0 Å². The number of benzene rings is 1. The van der Waals surface area contributed by atoms with Gasteiger partial charge >= 0.3 is 0 Å². The fourth-order valence-corrected chi connectivity index (χ4v) is 3.94. The number of rotatable bonds is 6. The molecule has 1 aromatic rings. The Morgan fingerprint density at radius 2 is 1.93 bits per heavy atom. The Hall–Kier alpha value is -0.900. The second kappa shape index (κ2) is 11.9. The quantitative estimate of drug-likeness (QED) is 0.367. The van der Waals surface area contributed by atoms with Crippen LogP contribution >= 0.6 is 24.0 Å². The van der Waals surface area contributed by atoms with Gasteiger partial charge in [-0.05, 0) is 26.1 Å². The van der Waals surface area contributed by atoms with Crippen molar-refractivity contribution in [3.63, 3.8) is 0 Å². The second-order valence-electron chi connectivity index (χ2n) is 7.93. The van der Waals surface area contributed by atoms with Crippen molar-refractivity contribution in [2.45, 2.75) is 19.1 Å². The average molecular weight is 501 g/mol. The fourth-order valence-electron chi connectivity index (χ4n) is 3.94. The summed E-state index contributed by atoms with van der Waals surface area (Å²) in [7, 11) is 6.31. The molecule has 2 atom stereocenters. The summed E-state index contributed by atoms with van der Waals surface area (Å²) in [6, 6.07) is 10.9. The van der Waals surface area contributed by atoms with Crippen molar-refractivity contribution in [1.29, 1.82) is 0 Å². The first-order chi connectivity index (χ1) is 13.2. The molecule has 2 saturated heterocycles. The number of likely N-dealkylation sites (tertiary alicyclic amines) is 1. The minimum Gasteiger partial charge on any atom is -0.376 e. The van der Waals surface area contributed by atoms with E-state index in [1.807, 2.05) is 13.1 Å². The van der Waals surface area contributed by atoms with E-state index in [4.69, 9.17) is 4.74 Å². The summed E-state index contributed by atoms with van der Waals surface area (Å²) in [5, 5.41) is 3.60. The summed E-state index contributed by atoms with van der Waals surface area (Å²) in [6.07, 6.45) is 1.17. The van der Waals surface area contributed by atoms with Crippen LogP contribution in [0, 0.1) is 5.92 Å². The zero-order valence-electron chi connectivity index (χ0n) is 17.5. The summed E-state index contributed by atoms with van der Waals surface area (Å²) >= 11 is 0. The first-order valence-electron chi connectivity index (χ1n) is 10.1. The molecule has 6 nitrogen and oxygen atoms in total. The molecule has 0 aromatic heterocycles.